The lowest BCUT2D eigenvalue weighted by Crippen LogP contribution is -2.05. The molecule has 0 saturated heterocycles. The Hall–Kier alpha value is -0.510. The normalized spacial score (nSPS) is 13.0. The molecule has 0 heterocycles. The third-order valence-electron chi connectivity index (χ3n) is 1.50. The summed E-state index contributed by atoms with van der Waals surface area (Å²) < 4.78 is 11.1. The van der Waals surface area contributed by atoms with Crippen LogP contribution in [0.25, 0.3) is 0 Å². The molecule has 0 aliphatic rings. The zero-order chi connectivity index (χ0) is 8.27. The molecule has 1 aromatic carbocycles. The Labute approximate surface area is 69.6 Å². The van der Waals surface area contributed by atoms with E-state index in [9.17, 15) is 4.55 Å². The summed E-state index contributed by atoms with van der Waals surface area (Å²) in [5, 5.41) is 0. The van der Waals surface area contributed by atoms with Gasteiger partial charge in [-0.05, 0) is 17.2 Å². The lowest BCUT2D eigenvalue weighted by atomic mass is 10.2. The molecule has 3 heteroatoms. The number of rotatable bonds is 2. The summed E-state index contributed by atoms with van der Waals surface area (Å²) in [6, 6.07) is 7.52. The average Bonchev–Trinajstić information content (AvgIpc) is 2.04. The molecule has 11 heavy (non-hydrogen) atoms. The van der Waals surface area contributed by atoms with Gasteiger partial charge in [-0.15, -0.1) is 0 Å². The smallest absolute Gasteiger partial charge is 0.156 e. The van der Waals surface area contributed by atoms with E-state index in [2.05, 4.69) is 0 Å². The molecule has 0 amide bonds. The second-order valence-electron chi connectivity index (χ2n) is 2.27. The van der Waals surface area contributed by atoms with Crippen LogP contribution in [-0.2, 0) is 17.7 Å². The van der Waals surface area contributed by atoms with Gasteiger partial charge < -0.3 is 10.3 Å². The SMILES string of the molecule is C[S+]([O-])c1ccccc1CN. The first-order valence-electron chi connectivity index (χ1n) is 3.37. The van der Waals surface area contributed by atoms with Crippen molar-refractivity contribution in [2.24, 2.45) is 5.73 Å². The third-order valence-corrected chi connectivity index (χ3v) is 2.52. The summed E-state index contributed by atoms with van der Waals surface area (Å²) in [4.78, 5) is 0.843. The molecule has 0 bridgehead atoms. The van der Waals surface area contributed by atoms with E-state index in [1.54, 1.807) is 6.26 Å². The molecule has 0 aromatic heterocycles. The molecule has 0 aliphatic carbocycles. The van der Waals surface area contributed by atoms with E-state index in [4.69, 9.17) is 5.73 Å². The molecule has 1 atom stereocenters. The minimum atomic E-state index is -0.920. The van der Waals surface area contributed by atoms with Gasteiger partial charge in [-0.3, -0.25) is 0 Å². The van der Waals surface area contributed by atoms with Crippen molar-refractivity contribution >= 4 is 11.2 Å². The van der Waals surface area contributed by atoms with Crippen molar-refractivity contribution in [3.05, 3.63) is 29.8 Å². The molecule has 2 N–H and O–H groups in total. The Balaban J connectivity index is 3.02. The van der Waals surface area contributed by atoms with Crippen molar-refractivity contribution in [2.45, 2.75) is 11.4 Å². The molecule has 1 aromatic rings. The number of hydrogen-bond acceptors (Lipinski definition) is 2. The van der Waals surface area contributed by atoms with E-state index in [-0.39, 0.29) is 0 Å². The molecular weight excluding hydrogens is 158 g/mol. The minimum absolute atomic E-state index is 0.454. The van der Waals surface area contributed by atoms with Crippen molar-refractivity contribution < 1.29 is 4.55 Å². The van der Waals surface area contributed by atoms with E-state index in [1.165, 1.54) is 0 Å². The Morgan fingerprint density at radius 3 is 2.55 bits per heavy atom. The largest absolute Gasteiger partial charge is 0.612 e. The van der Waals surface area contributed by atoms with Gasteiger partial charge in [-0.25, -0.2) is 0 Å². The Morgan fingerprint density at radius 2 is 2.09 bits per heavy atom. The van der Waals surface area contributed by atoms with Gasteiger partial charge in [0.1, 0.15) is 6.26 Å². The fourth-order valence-corrected chi connectivity index (χ4v) is 1.74. The highest BCUT2D eigenvalue weighted by Gasteiger charge is 2.07. The van der Waals surface area contributed by atoms with Crippen LogP contribution < -0.4 is 5.73 Å². The van der Waals surface area contributed by atoms with E-state index < -0.39 is 11.2 Å². The van der Waals surface area contributed by atoms with Gasteiger partial charge in [-0.1, -0.05) is 18.2 Å². The molecule has 60 valence electrons. The van der Waals surface area contributed by atoms with E-state index in [0.29, 0.717) is 6.54 Å². The summed E-state index contributed by atoms with van der Waals surface area (Å²) in [5.74, 6) is 0. The molecule has 2 nitrogen and oxygen atoms in total. The monoisotopic (exact) mass is 169 g/mol. The molecule has 1 unspecified atom stereocenters. The fourth-order valence-electron chi connectivity index (χ4n) is 0.953. The second-order valence-corrected chi connectivity index (χ2v) is 3.61. The predicted molar refractivity (Wildman–Crippen MR) is 46.7 cm³/mol. The maximum Gasteiger partial charge on any atom is 0.156 e. The second kappa shape index (κ2) is 3.76. The number of hydrogen-bond donors (Lipinski definition) is 1. The zero-order valence-electron chi connectivity index (χ0n) is 6.41. The quantitative estimate of drug-likeness (QED) is 0.668. The first-order chi connectivity index (χ1) is 5.25. The summed E-state index contributed by atoms with van der Waals surface area (Å²) in [5.41, 5.74) is 6.42. The molecule has 1 rings (SSSR count). The van der Waals surface area contributed by atoms with Crippen LogP contribution in [0.3, 0.4) is 0 Å². The number of benzene rings is 1. The van der Waals surface area contributed by atoms with Crippen LogP contribution in [0.5, 0.6) is 0 Å². The lowest BCUT2D eigenvalue weighted by molar-refractivity contribution is 0.599. The van der Waals surface area contributed by atoms with Gasteiger partial charge in [0.25, 0.3) is 0 Å². The van der Waals surface area contributed by atoms with Gasteiger partial charge in [0.15, 0.2) is 4.90 Å². The molecule has 0 saturated carbocycles. The Bertz CT molecular complexity index is 237. The van der Waals surface area contributed by atoms with Crippen LogP contribution in [0.4, 0.5) is 0 Å². The average molecular weight is 169 g/mol. The Kier molecular flexibility index (Phi) is 2.93. The minimum Gasteiger partial charge on any atom is -0.612 e. The molecule has 0 radical (unpaired) electrons. The van der Waals surface area contributed by atoms with E-state index in [1.807, 2.05) is 24.3 Å². The topological polar surface area (TPSA) is 49.1 Å². The van der Waals surface area contributed by atoms with Crippen molar-refractivity contribution in [3.8, 4) is 0 Å². The van der Waals surface area contributed by atoms with Crippen LogP contribution in [-0.4, -0.2) is 10.8 Å². The molecule has 0 aliphatic heterocycles. The number of nitrogens with two attached hydrogens (primary N) is 1. The summed E-state index contributed by atoms with van der Waals surface area (Å²) in [7, 11) is 0. The highest BCUT2D eigenvalue weighted by atomic mass is 32.2. The summed E-state index contributed by atoms with van der Waals surface area (Å²) in [6.45, 7) is 0.454. The van der Waals surface area contributed by atoms with Gasteiger partial charge >= 0.3 is 0 Å². The standard InChI is InChI=1S/C8H11NOS/c1-11(10)8-5-3-2-4-7(8)6-9/h2-5H,6,9H2,1H3. The molecule has 0 fully saturated rings. The first-order valence-corrected chi connectivity index (χ1v) is 4.93. The van der Waals surface area contributed by atoms with E-state index >= 15 is 0 Å². The fraction of sp³-hybridized carbons (Fsp3) is 0.250. The molecular formula is C8H11NOS. The first kappa shape index (κ1) is 8.59. The summed E-state index contributed by atoms with van der Waals surface area (Å²) in [6.07, 6.45) is 1.66. The van der Waals surface area contributed by atoms with Gasteiger partial charge in [-0.2, -0.15) is 0 Å². The van der Waals surface area contributed by atoms with Crippen molar-refractivity contribution in [1.82, 2.24) is 0 Å². The van der Waals surface area contributed by atoms with Gasteiger partial charge in [0, 0.05) is 12.1 Å². The molecule has 0 spiro atoms. The Morgan fingerprint density at radius 1 is 1.45 bits per heavy atom. The maximum absolute atomic E-state index is 11.1. The zero-order valence-corrected chi connectivity index (χ0v) is 7.23. The van der Waals surface area contributed by atoms with Gasteiger partial charge in [0.05, 0.1) is 0 Å². The summed E-state index contributed by atoms with van der Waals surface area (Å²) >= 11 is -0.920. The van der Waals surface area contributed by atoms with Crippen molar-refractivity contribution in [2.75, 3.05) is 6.26 Å². The van der Waals surface area contributed by atoms with Crippen molar-refractivity contribution in [1.29, 1.82) is 0 Å². The van der Waals surface area contributed by atoms with Crippen LogP contribution in [0.15, 0.2) is 29.2 Å². The maximum atomic E-state index is 11.1. The van der Waals surface area contributed by atoms with E-state index in [0.717, 1.165) is 10.5 Å². The van der Waals surface area contributed by atoms with Crippen molar-refractivity contribution in [3.63, 3.8) is 0 Å². The predicted octanol–water partition coefficient (Wildman–Crippen LogP) is 0.883. The van der Waals surface area contributed by atoms with Crippen LogP contribution in [0, 0.1) is 0 Å². The van der Waals surface area contributed by atoms with Gasteiger partial charge in [0.2, 0.25) is 0 Å². The highest BCUT2D eigenvalue weighted by molar-refractivity contribution is 7.90. The lowest BCUT2D eigenvalue weighted by Gasteiger charge is -2.07. The van der Waals surface area contributed by atoms with Crippen LogP contribution in [0.2, 0.25) is 0 Å². The van der Waals surface area contributed by atoms with Crippen LogP contribution >= 0.6 is 0 Å². The third kappa shape index (κ3) is 1.96. The van der Waals surface area contributed by atoms with Crippen LogP contribution in [0.1, 0.15) is 5.56 Å². The highest BCUT2D eigenvalue weighted by Crippen LogP contribution is 2.13.